The van der Waals surface area contributed by atoms with Gasteiger partial charge in [-0.2, -0.15) is 5.26 Å². The first-order valence-corrected chi connectivity index (χ1v) is 5.34. The molecule has 2 nitrogen and oxygen atoms in total. The van der Waals surface area contributed by atoms with Crippen LogP contribution in [0.5, 0.6) is 5.75 Å². The maximum atomic E-state index is 8.92. The Morgan fingerprint density at radius 3 is 2.80 bits per heavy atom. The molecule has 1 aromatic rings. The lowest BCUT2D eigenvalue weighted by molar-refractivity contribution is 0.209. The predicted molar refractivity (Wildman–Crippen MR) is 60.9 cm³/mol. The van der Waals surface area contributed by atoms with Gasteiger partial charge in [-0.05, 0) is 38.0 Å². The molecule has 1 rings (SSSR count). The Bertz CT molecular complexity index is 365. The molecule has 2 heteroatoms. The van der Waals surface area contributed by atoms with Gasteiger partial charge in [0.2, 0.25) is 0 Å². The highest BCUT2D eigenvalue weighted by molar-refractivity contribution is 5.45. The molecule has 15 heavy (non-hydrogen) atoms. The van der Waals surface area contributed by atoms with Crippen molar-refractivity contribution in [2.24, 2.45) is 0 Å². The molecular formula is C13H17NO. The van der Waals surface area contributed by atoms with Crippen LogP contribution >= 0.6 is 0 Å². The molecular weight excluding hydrogens is 186 g/mol. The van der Waals surface area contributed by atoms with Gasteiger partial charge < -0.3 is 4.74 Å². The summed E-state index contributed by atoms with van der Waals surface area (Å²) in [6, 6.07) is 7.80. The zero-order valence-corrected chi connectivity index (χ0v) is 9.58. The van der Waals surface area contributed by atoms with Gasteiger partial charge in [-0.3, -0.25) is 0 Å². The van der Waals surface area contributed by atoms with Crippen LogP contribution in [-0.2, 0) is 0 Å². The van der Waals surface area contributed by atoms with E-state index in [1.807, 2.05) is 32.0 Å². The van der Waals surface area contributed by atoms with Crippen molar-refractivity contribution >= 4 is 0 Å². The van der Waals surface area contributed by atoms with Crippen LogP contribution in [-0.4, -0.2) is 6.10 Å². The van der Waals surface area contributed by atoms with E-state index in [4.69, 9.17) is 10.00 Å². The number of nitriles is 1. The van der Waals surface area contributed by atoms with Gasteiger partial charge in [0, 0.05) is 0 Å². The van der Waals surface area contributed by atoms with Crippen molar-refractivity contribution in [3.63, 3.8) is 0 Å². The van der Waals surface area contributed by atoms with Crippen molar-refractivity contribution in [3.05, 3.63) is 29.3 Å². The SMILES string of the molecule is CCCC(C)Oc1cc(C)ccc1C#N. The zero-order chi connectivity index (χ0) is 11.3. The number of hydrogen-bond donors (Lipinski definition) is 0. The number of benzene rings is 1. The lowest BCUT2D eigenvalue weighted by Crippen LogP contribution is -2.11. The van der Waals surface area contributed by atoms with E-state index in [0.717, 1.165) is 18.4 Å². The molecule has 1 atom stereocenters. The monoisotopic (exact) mass is 203 g/mol. The second-order valence-corrected chi connectivity index (χ2v) is 3.83. The minimum atomic E-state index is 0.170. The summed E-state index contributed by atoms with van der Waals surface area (Å²) in [5.74, 6) is 0.707. The third-order valence-electron chi connectivity index (χ3n) is 2.28. The Kier molecular flexibility index (Phi) is 4.17. The van der Waals surface area contributed by atoms with Gasteiger partial charge in [-0.15, -0.1) is 0 Å². The molecule has 0 bridgehead atoms. The summed E-state index contributed by atoms with van der Waals surface area (Å²) in [5.41, 5.74) is 1.73. The topological polar surface area (TPSA) is 33.0 Å². The highest BCUT2D eigenvalue weighted by atomic mass is 16.5. The summed E-state index contributed by atoms with van der Waals surface area (Å²) in [4.78, 5) is 0. The van der Waals surface area contributed by atoms with Gasteiger partial charge in [0.15, 0.2) is 0 Å². The van der Waals surface area contributed by atoms with E-state index in [2.05, 4.69) is 13.0 Å². The summed E-state index contributed by atoms with van der Waals surface area (Å²) in [5, 5.41) is 8.92. The van der Waals surface area contributed by atoms with E-state index in [1.165, 1.54) is 0 Å². The number of aryl methyl sites for hydroxylation is 1. The molecule has 0 amide bonds. The van der Waals surface area contributed by atoms with Crippen molar-refractivity contribution in [1.82, 2.24) is 0 Å². The minimum absolute atomic E-state index is 0.170. The van der Waals surface area contributed by atoms with E-state index in [-0.39, 0.29) is 6.10 Å². The maximum absolute atomic E-state index is 8.92. The normalized spacial score (nSPS) is 11.9. The van der Waals surface area contributed by atoms with Crippen LogP contribution in [0.4, 0.5) is 0 Å². The molecule has 0 spiro atoms. The van der Waals surface area contributed by atoms with E-state index in [1.54, 1.807) is 0 Å². The first-order valence-electron chi connectivity index (χ1n) is 5.34. The molecule has 0 aromatic heterocycles. The first kappa shape index (κ1) is 11.6. The summed E-state index contributed by atoms with van der Waals surface area (Å²) in [6.07, 6.45) is 2.28. The van der Waals surface area contributed by atoms with Crippen LogP contribution in [0.2, 0.25) is 0 Å². The second-order valence-electron chi connectivity index (χ2n) is 3.83. The lowest BCUT2D eigenvalue weighted by atomic mass is 10.1. The quantitative estimate of drug-likeness (QED) is 0.751. The molecule has 0 saturated carbocycles. The molecule has 1 aromatic carbocycles. The molecule has 0 radical (unpaired) electrons. The Labute approximate surface area is 91.5 Å². The predicted octanol–water partition coefficient (Wildman–Crippen LogP) is 3.43. The molecule has 0 N–H and O–H groups in total. The smallest absolute Gasteiger partial charge is 0.137 e. The van der Waals surface area contributed by atoms with E-state index >= 15 is 0 Å². The lowest BCUT2D eigenvalue weighted by Gasteiger charge is -2.15. The Morgan fingerprint density at radius 2 is 2.20 bits per heavy atom. The van der Waals surface area contributed by atoms with E-state index < -0.39 is 0 Å². The summed E-state index contributed by atoms with van der Waals surface area (Å²) in [6.45, 7) is 6.16. The van der Waals surface area contributed by atoms with Crippen molar-refractivity contribution in [2.45, 2.75) is 39.7 Å². The molecule has 0 saturated heterocycles. The maximum Gasteiger partial charge on any atom is 0.137 e. The summed E-state index contributed by atoms with van der Waals surface area (Å²) >= 11 is 0. The third-order valence-corrected chi connectivity index (χ3v) is 2.28. The first-order chi connectivity index (χ1) is 7.17. The summed E-state index contributed by atoms with van der Waals surface area (Å²) < 4.78 is 5.74. The Morgan fingerprint density at radius 1 is 1.47 bits per heavy atom. The molecule has 0 aliphatic heterocycles. The van der Waals surface area contributed by atoms with Crippen LogP contribution in [0.15, 0.2) is 18.2 Å². The largest absolute Gasteiger partial charge is 0.489 e. The Hall–Kier alpha value is -1.49. The molecule has 1 unspecified atom stereocenters. The van der Waals surface area contributed by atoms with Gasteiger partial charge in [0.25, 0.3) is 0 Å². The summed E-state index contributed by atoms with van der Waals surface area (Å²) in [7, 11) is 0. The highest BCUT2D eigenvalue weighted by Crippen LogP contribution is 2.21. The van der Waals surface area contributed by atoms with Crippen LogP contribution < -0.4 is 4.74 Å². The van der Waals surface area contributed by atoms with Gasteiger partial charge >= 0.3 is 0 Å². The fourth-order valence-electron chi connectivity index (χ4n) is 1.50. The standard InChI is InChI=1S/C13H17NO/c1-4-5-11(3)15-13-8-10(2)6-7-12(13)9-14/h6-8,11H,4-5H2,1-3H3. The zero-order valence-electron chi connectivity index (χ0n) is 9.58. The highest BCUT2D eigenvalue weighted by Gasteiger charge is 2.07. The third kappa shape index (κ3) is 3.28. The average molecular weight is 203 g/mol. The van der Waals surface area contributed by atoms with Gasteiger partial charge in [-0.25, -0.2) is 0 Å². The van der Waals surface area contributed by atoms with Crippen molar-refractivity contribution in [3.8, 4) is 11.8 Å². The van der Waals surface area contributed by atoms with Gasteiger partial charge in [0.1, 0.15) is 11.8 Å². The fourth-order valence-corrected chi connectivity index (χ4v) is 1.50. The molecule has 0 aliphatic rings. The molecule has 0 fully saturated rings. The molecule has 80 valence electrons. The molecule has 0 heterocycles. The van der Waals surface area contributed by atoms with Crippen molar-refractivity contribution in [1.29, 1.82) is 5.26 Å². The van der Waals surface area contributed by atoms with E-state index in [9.17, 15) is 0 Å². The van der Waals surface area contributed by atoms with Crippen LogP contribution in [0.1, 0.15) is 37.8 Å². The van der Waals surface area contributed by atoms with Crippen LogP contribution in [0.3, 0.4) is 0 Å². The fraction of sp³-hybridized carbons (Fsp3) is 0.462. The van der Waals surface area contributed by atoms with Crippen molar-refractivity contribution in [2.75, 3.05) is 0 Å². The van der Waals surface area contributed by atoms with Crippen LogP contribution in [0, 0.1) is 18.3 Å². The van der Waals surface area contributed by atoms with Crippen LogP contribution in [0.25, 0.3) is 0 Å². The number of hydrogen-bond acceptors (Lipinski definition) is 2. The van der Waals surface area contributed by atoms with E-state index in [0.29, 0.717) is 11.3 Å². The number of nitrogens with zero attached hydrogens (tertiary/aromatic N) is 1. The average Bonchev–Trinajstić information content (AvgIpc) is 2.18. The van der Waals surface area contributed by atoms with Gasteiger partial charge in [-0.1, -0.05) is 19.4 Å². The number of ether oxygens (including phenoxy) is 1. The Balaban J connectivity index is 2.83. The number of rotatable bonds is 4. The van der Waals surface area contributed by atoms with Gasteiger partial charge in [0.05, 0.1) is 11.7 Å². The van der Waals surface area contributed by atoms with Crippen molar-refractivity contribution < 1.29 is 4.74 Å². The molecule has 0 aliphatic carbocycles. The minimum Gasteiger partial charge on any atom is -0.489 e. The second kappa shape index (κ2) is 5.41.